The smallest absolute Gasteiger partial charge is 0.0727 e. The van der Waals surface area contributed by atoms with Crippen LogP contribution in [-0.2, 0) is 5.41 Å². The van der Waals surface area contributed by atoms with Gasteiger partial charge in [-0.2, -0.15) is 0 Å². The van der Waals surface area contributed by atoms with Crippen molar-refractivity contribution >= 4 is 65.6 Å². The maximum Gasteiger partial charge on any atom is 0.0727 e. The first-order valence-electron chi connectivity index (χ1n) is 24.1. The lowest BCUT2D eigenvalue weighted by Gasteiger charge is -2.34. The van der Waals surface area contributed by atoms with E-state index in [0.29, 0.717) is 11.4 Å². The summed E-state index contributed by atoms with van der Waals surface area (Å²) in [6.07, 6.45) is 0. The van der Waals surface area contributed by atoms with Gasteiger partial charge in [-0.3, -0.25) is 0 Å². The van der Waals surface area contributed by atoms with Crippen molar-refractivity contribution in [1.82, 2.24) is 0 Å². The summed E-state index contributed by atoms with van der Waals surface area (Å²) in [7, 11) is 0. The molecule has 11 aromatic rings. The number of fused-ring (bicyclic) bond motifs is 13. The molecule has 1 aromatic heterocycles. The number of rotatable bonds is 7. The highest BCUT2D eigenvalue weighted by Crippen LogP contribution is 2.64. The van der Waals surface area contributed by atoms with Crippen molar-refractivity contribution in [2.75, 3.05) is 9.80 Å². The largest absolute Gasteiger partial charge is 0.310 e. The predicted molar refractivity (Wildman–Crippen MR) is 270 cm³/mol. The second-order valence-electron chi connectivity index (χ2n) is 16.4. The van der Waals surface area contributed by atoms with Gasteiger partial charge >= 0.3 is 0 Å². The molecule has 1 heterocycles. The van der Waals surface area contributed by atoms with Gasteiger partial charge < -0.3 is 9.80 Å². The lowest BCUT2D eigenvalue weighted by Crippen LogP contribution is -2.26. The molecule has 0 amide bonds. The molecule has 0 bridgehead atoms. The fourth-order valence-corrected chi connectivity index (χ4v) is 11.7. The summed E-state index contributed by atoms with van der Waals surface area (Å²) in [4.78, 5) is 4.28. The van der Waals surface area contributed by atoms with Gasteiger partial charge in [-0.25, -0.2) is 0 Å². The predicted octanol–water partition coefficient (Wildman–Crippen LogP) is 17.0. The number of anilines is 6. The van der Waals surface area contributed by atoms with Crippen LogP contribution < -0.4 is 9.80 Å². The van der Waals surface area contributed by atoms with Crippen LogP contribution in [-0.4, -0.2) is 0 Å². The van der Waals surface area contributed by atoms with Crippen LogP contribution in [0, 0.1) is 0 Å². The van der Waals surface area contributed by atoms with Gasteiger partial charge in [0.1, 0.15) is 0 Å². The number of hydrogen-bond acceptors (Lipinski definition) is 3. The highest BCUT2D eigenvalue weighted by atomic mass is 32.1. The molecule has 1 spiro atoms. The molecule has 1 unspecified atom stereocenters. The molecule has 0 fully saturated rings. The quantitative estimate of drug-likeness (QED) is 0.158. The van der Waals surface area contributed by atoms with E-state index in [1.165, 1.54) is 20.2 Å². The van der Waals surface area contributed by atoms with Crippen LogP contribution in [0.1, 0.15) is 29.1 Å². The van der Waals surface area contributed by atoms with E-state index in [-0.39, 0.29) is 29.9 Å². The molecule has 0 saturated heterocycles. The summed E-state index contributed by atoms with van der Waals surface area (Å²) in [5.41, 5.74) is 15.1. The Hall–Kier alpha value is -7.98. The van der Waals surface area contributed by atoms with E-state index in [1.54, 1.807) is 0 Å². The molecular formula is C61H40N2S. The summed E-state index contributed by atoms with van der Waals surface area (Å²) >= 11 is 1.82. The second kappa shape index (κ2) is 14.6. The molecule has 0 aliphatic heterocycles. The molecule has 10 aromatic carbocycles. The summed E-state index contributed by atoms with van der Waals surface area (Å²) < 4.78 is 46.8. The second-order valence-corrected chi connectivity index (χ2v) is 17.5. The highest BCUT2D eigenvalue weighted by Gasteiger charge is 2.52. The molecule has 3 heteroatoms. The average Bonchev–Trinajstić information content (AvgIpc) is 4.03. The Morgan fingerprint density at radius 2 is 0.891 bits per heavy atom. The lowest BCUT2D eigenvalue weighted by atomic mass is 9.70. The molecular weight excluding hydrogens is 793 g/mol. The minimum atomic E-state index is -0.794. The van der Waals surface area contributed by atoms with E-state index in [4.69, 9.17) is 4.11 Å². The van der Waals surface area contributed by atoms with Gasteiger partial charge in [0.2, 0.25) is 0 Å². The lowest BCUT2D eigenvalue weighted by molar-refractivity contribution is 0.793. The Morgan fingerprint density at radius 1 is 0.359 bits per heavy atom. The summed E-state index contributed by atoms with van der Waals surface area (Å²) in [5, 5.41) is 2.42. The van der Waals surface area contributed by atoms with E-state index in [2.05, 4.69) is 181 Å². The molecule has 0 radical (unpaired) electrons. The van der Waals surface area contributed by atoms with Crippen LogP contribution >= 0.6 is 11.3 Å². The van der Waals surface area contributed by atoms with Gasteiger partial charge in [-0.05, 0) is 123 Å². The zero-order valence-electron chi connectivity index (χ0n) is 39.5. The third kappa shape index (κ3) is 5.38. The molecule has 13 rings (SSSR count). The third-order valence-electron chi connectivity index (χ3n) is 13.1. The molecule has 2 aliphatic carbocycles. The van der Waals surface area contributed by atoms with Crippen LogP contribution in [0.2, 0.25) is 0 Å². The number of benzene rings is 10. The zero-order valence-corrected chi connectivity index (χ0v) is 35.3. The van der Waals surface area contributed by atoms with Crippen LogP contribution in [0.3, 0.4) is 0 Å². The van der Waals surface area contributed by atoms with Gasteiger partial charge in [0.05, 0.1) is 23.6 Å². The summed E-state index contributed by atoms with van der Waals surface area (Å²) in [6.45, 7) is 0. The van der Waals surface area contributed by atoms with Gasteiger partial charge in [0.15, 0.2) is 0 Å². The first-order valence-corrected chi connectivity index (χ1v) is 22.4. The number of thiophene rings is 1. The van der Waals surface area contributed by atoms with Gasteiger partial charge in [0.25, 0.3) is 0 Å². The maximum absolute atomic E-state index is 9.22. The van der Waals surface area contributed by atoms with Gasteiger partial charge in [-0.1, -0.05) is 170 Å². The maximum atomic E-state index is 9.22. The number of para-hydroxylation sites is 3. The SMILES string of the molecule is [2H]c1c([2H])c([2H])c(N(c2ccccc2)c2ccc3c(c2)C2(c4ccccc4-3)c3ccccc3-c3ccc(N(c4ccccc4-c4ccccc4)c4cccc5sc6ccccc6c45)cc32)c([2H])c1[2H]. The van der Waals surface area contributed by atoms with E-state index >= 15 is 0 Å². The molecule has 1 atom stereocenters. The van der Waals surface area contributed by atoms with E-state index in [0.717, 1.165) is 72.7 Å². The average molecular weight is 838 g/mol. The van der Waals surface area contributed by atoms with E-state index in [9.17, 15) is 2.74 Å². The molecule has 64 heavy (non-hydrogen) atoms. The van der Waals surface area contributed by atoms with Crippen LogP contribution in [0.5, 0.6) is 0 Å². The van der Waals surface area contributed by atoms with Crippen molar-refractivity contribution in [1.29, 1.82) is 0 Å². The highest BCUT2D eigenvalue weighted by molar-refractivity contribution is 7.26. The molecule has 0 saturated carbocycles. The summed E-state index contributed by atoms with van der Waals surface area (Å²) in [6, 6.07) is 73.3. The van der Waals surface area contributed by atoms with Crippen molar-refractivity contribution < 1.29 is 6.85 Å². The van der Waals surface area contributed by atoms with Crippen molar-refractivity contribution in [3.63, 3.8) is 0 Å². The van der Waals surface area contributed by atoms with Crippen molar-refractivity contribution in [2.45, 2.75) is 5.41 Å². The van der Waals surface area contributed by atoms with Crippen molar-refractivity contribution in [2.24, 2.45) is 0 Å². The molecule has 2 aliphatic rings. The molecule has 2 nitrogen and oxygen atoms in total. The first-order chi connectivity index (χ1) is 33.8. The Labute approximate surface area is 384 Å². The minimum Gasteiger partial charge on any atom is -0.310 e. The first kappa shape index (κ1) is 31.8. The molecule has 0 N–H and O–H groups in total. The number of nitrogens with zero attached hydrogens (tertiary/aromatic N) is 2. The number of hydrogen-bond donors (Lipinski definition) is 0. The monoisotopic (exact) mass is 837 g/mol. The fraction of sp³-hybridized carbons (Fsp3) is 0.0164. The van der Waals surface area contributed by atoms with E-state index < -0.39 is 11.5 Å². The zero-order chi connectivity index (χ0) is 46.5. The van der Waals surface area contributed by atoms with Crippen molar-refractivity contribution in [3.05, 3.63) is 265 Å². The topological polar surface area (TPSA) is 6.48 Å². The van der Waals surface area contributed by atoms with E-state index in [1.807, 2.05) is 52.6 Å². The summed E-state index contributed by atoms with van der Waals surface area (Å²) in [5.74, 6) is 0. The Kier molecular flexibility index (Phi) is 7.23. The fourth-order valence-electron chi connectivity index (χ4n) is 10.6. The van der Waals surface area contributed by atoms with Crippen LogP contribution in [0.15, 0.2) is 243 Å². The standard InChI is InChI=1S/C61H40N2S/c1-4-19-41(20-5-1)46-25-12-16-31-56(46)63(57-32-18-34-59-60(57)51-28-13-17-33-58(51)64-59)45-36-38-50-48-27-11-15-30-53(48)61(55(50)40-45)52-29-14-10-26-47(52)49-37-35-44(39-54(49)61)62(42-21-6-2-7-22-42)43-23-8-3-9-24-43/h1-40H/i2D,6D,7D,21D,22D. The third-order valence-corrected chi connectivity index (χ3v) is 14.3. The Bertz CT molecular complexity index is 3850. The molecule has 300 valence electrons. The van der Waals surface area contributed by atoms with Crippen LogP contribution in [0.4, 0.5) is 34.1 Å². The Balaban J connectivity index is 1.11. The Morgan fingerprint density at radius 3 is 1.59 bits per heavy atom. The van der Waals surface area contributed by atoms with Crippen LogP contribution in [0.25, 0.3) is 53.6 Å². The normalized spacial score (nSPS) is 15.4. The van der Waals surface area contributed by atoms with Gasteiger partial charge in [-0.15, -0.1) is 11.3 Å². The minimum absolute atomic E-state index is 0.0917. The van der Waals surface area contributed by atoms with Crippen molar-refractivity contribution in [3.8, 4) is 33.4 Å². The van der Waals surface area contributed by atoms with Gasteiger partial charge in [0, 0.05) is 48.5 Å².